The molecule has 19 heavy (non-hydrogen) atoms. The molecule has 0 amide bonds. The lowest BCUT2D eigenvalue weighted by Crippen LogP contribution is -1.98. The van der Waals surface area contributed by atoms with E-state index in [1.54, 1.807) is 0 Å². The Morgan fingerprint density at radius 3 is 2.68 bits per heavy atom. The van der Waals surface area contributed by atoms with Crippen LogP contribution in [0.2, 0.25) is 0 Å². The molecule has 0 bridgehead atoms. The summed E-state index contributed by atoms with van der Waals surface area (Å²) in [7, 11) is 0. The molecule has 3 rings (SSSR count). The first-order valence-corrected chi connectivity index (χ1v) is 6.99. The minimum atomic E-state index is 0.869. The van der Waals surface area contributed by atoms with Crippen molar-refractivity contribution in [2.24, 2.45) is 0 Å². The summed E-state index contributed by atoms with van der Waals surface area (Å²) in [5, 5.41) is 3.46. The highest BCUT2D eigenvalue weighted by Crippen LogP contribution is 2.24. The van der Waals surface area contributed by atoms with Gasteiger partial charge in [0, 0.05) is 12.2 Å². The van der Waals surface area contributed by atoms with Gasteiger partial charge in [0.05, 0.1) is 0 Å². The normalized spacial score (nSPS) is 13.7. The maximum absolute atomic E-state index is 3.46. The van der Waals surface area contributed by atoms with E-state index in [1.165, 1.54) is 41.6 Å². The zero-order valence-corrected chi connectivity index (χ0v) is 11.1. The molecular formula is C18H19N. The number of aryl methyl sites for hydroxylation is 2. The van der Waals surface area contributed by atoms with Gasteiger partial charge in [-0.25, -0.2) is 0 Å². The molecule has 2 aromatic rings. The summed E-state index contributed by atoms with van der Waals surface area (Å²) in [5.74, 6) is 0. The summed E-state index contributed by atoms with van der Waals surface area (Å²) in [4.78, 5) is 0. The van der Waals surface area contributed by atoms with Gasteiger partial charge in [-0.15, -0.1) is 0 Å². The van der Waals surface area contributed by atoms with Crippen LogP contribution in [0.15, 0.2) is 54.6 Å². The number of nitrogens with one attached hydrogen (secondary N) is 1. The maximum atomic E-state index is 3.46. The van der Waals surface area contributed by atoms with Gasteiger partial charge in [0.2, 0.25) is 0 Å². The molecule has 0 aliphatic heterocycles. The number of hydrogen-bond donors (Lipinski definition) is 1. The Morgan fingerprint density at radius 1 is 0.947 bits per heavy atom. The predicted molar refractivity (Wildman–Crippen MR) is 82.4 cm³/mol. The summed E-state index contributed by atoms with van der Waals surface area (Å²) in [6.45, 7) is 0.869. The SMILES string of the molecule is C(=Cc1ccccc1)CNc1ccc2c(c1)CCC2. The number of fused-ring (bicyclic) bond motifs is 1. The Labute approximate surface area is 115 Å². The first kappa shape index (κ1) is 12.0. The number of benzene rings is 2. The molecule has 0 spiro atoms. The molecular weight excluding hydrogens is 230 g/mol. The first-order chi connectivity index (χ1) is 9.42. The van der Waals surface area contributed by atoms with E-state index in [4.69, 9.17) is 0 Å². The average Bonchev–Trinajstić information content (AvgIpc) is 2.92. The molecule has 1 nitrogen and oxygen atoms in total. The van der Waals surface area contributed by atoms with Crippen molar-refractivity contribution in [3.8, 4) is 0 Å². The molecule has 2 aromatic carbocycles. The van der Waals surface area contributed by atoms with Gasteiger partial charge in [-0.3, -0.25) is 0 Å². The van der Waals surface area contributed by atoms with Crippen molar-refractivity contribution < 1.29 is 0 Å². The van der Waals surface area contributed by atoms with E-state index in [9.17, 15) is 0 Å². The Hall–Kier alpha value is -2.02. The number of rotatable bonds is 4. The standard InChI is InChI=1S/C18H19N/c1-2-6-15(7-3-1)8-5-13-19-18-12-11-16-9-4-10-17(16)14-18/h1-3,5-8,11-12,14,19H,4,9-10,13H2. The van der Waals surface area contributed by atoms with Crippen LogP contribution in [0.5, 0.6) is 0 Å². The molecule has 1 aliphatic carbocycles. The topological polar surface area (TPSA) is 12.0 Å². The molecule has 0 radical (unpaired) electrons. The molecule has 1 heteroatoms. The van der Waals surface area contributed by atoms with E-state index in [0.29, 0.717) is 0 Å². The lowest BCUT2D eigenvalue weighted by Gasteiger charge is -2.06. The fourth-order valence-electron chi connectivity index (χ4n) is 2.62. The van der Waals surface area contributed by atoms with E-state index >= 15 is 0 Å². The second kappa shape index (κ2) is 5.75. The molecule has 0 aromatic heterocycles. The van der Waals surface area contributed by atoms with Gasteiger partial charge >= 0.3 is 0 Å². The van der Waals surface area contributed by atoms with Gasteiger partial charge in [0.15, 0.2) is 0 Å². The summed E-state index contributed by atoms with van der Waals surface area (Å²) >= 11 is 0. The van der Waals surface area contributed by atoms with E-state index < -0.39 is 0 Å². The molecule has 0 saturated carbocycles. The predicted octanol–water partition coefficient (Wildman–Crippen LogP) is 4.30. The summed E-state index contributed by atoms with van der Waals surface area (Å²) < 4.78 is 0. The Kier molecular flexibility index (Phi) is 3.64. The number of anilines is 1. The van der Waals surface area contributed by atoms with Crippen molar-refractivity contribution in [3.63, 3.8) is 0 Å². The summed E-state index contributed by atoms with van der Waals surface area (Å²) in [6.07, 6.45) is 8.13. The van der Waals surface area contributed by atoms with Crippen molar-refractivity contribution in [1.82, 2.24) is 0 Å². The van der Waals surface area contributed by atoms with E-state index in [1.807, 2.05) is 6.07 Å². The lowest BCUT2D eigenvalue weighted by atomic mass is 10.1. The molecule has 0 heterocycles. The third kappa shape index (κ3) is 3.05. The number of hydrogen-bond acceptors (Lipinski definition) is 1. The molecule has 96 valence electrons. The van der Waals surface area contributed by atoms with Gasteiger partial charge in [0.25, 0.3) is 0 Å². The fourth-order valence-corrected chi connectivity index (χ4v) is 2.62. The molecule has 0 saturated heterocycles. The van der Waals surface area contributed by atoms with Crippen molar-refractivity contribution in [2.45, 2.75) is 19.3 Å². The Morgan fingerprint density at radius 2 is 1.79 bits per heavy atom. The summed E-state index contributed by atoms with van der Waals surface area (Å²) in [5.41, 5.74) is 5.54. The zero-order chi connectivity index (χ0) is 12.9. The van der Waals surface area contributed by atoms with Crippen LogP contribution in [-0.2, 0) is 12.8 Å². The maximum Gasteiger partial charge on any atom is 0.0345 e. The monoisotopic (exact) mass is 249 g/mol. The quantitative estimate of drug-likeness (QED) is 0.851. The van der Waals surface area contributed by atoms with Crippen molar-refractivity contribution in [2.75, 3.05) is 11.9 Å². The Bertz CT molecular complexity index is 569. The van der Waals surface area contributed by atoms with Crippen LogP contribution in [0.25, 0.3) is 6.08 Å². The highest BCUT2D eigenvalue weighted by molar-refractivity contribution is 5.53. The van der Waals surface area contributed by atoms with Crippen LogP contribution in [0.1, 0.15) is 23.1 Å². The third-order valence-electron chi connectivity index (χ3n) is 3.63. The van der Waals surface area contributed by atoms with Crippen LogP contribution in [0.4, 0.5) is 5.69 Å². The molecule has 1 aliphatic rings. The van der Waals surface area contributed by atoms with E-state index in [-0.39, 0.29) is 0 Å². The average molecular weight is 249 g/mol. The largest absolute Gasteiger partial charge is 0.382 e. The first-order valence-electron chi connectivity index (χ1n) is 6.99. The third-order valence-corrected chi connectivity index (χ3v) is 3.63. The molecule has 0 unspecified atom stereocenters. The van der Waals surface area contributed by atoms with Crippen LogP contribution < -0.4 is 5.32 Å². The highest BCUT2D eigenvalue weighted by atomic mass is 14.9. The minimum Gasteiger partial charge on any atom is -0.382 e. The van der Waals surface area contributed by atoms with Gasteiger partial charge < -0.3 is 5.32 Å². The highest BCUT2D eigenvalue weighted by Gasteiger charge is 2.09. The van der Waals surface area contributed by atoms with Crippen LogP contribution in [0.3, 0.4) is 0 Å². The fraction of sp³-hybridized carbons (Fsp3) is 0.222. The van der Waals surface area contributed by atoms with Crippen molar-refractivity contribution in [3.05, 3.63) is 71.3 Å². The smallest absolute Gasteiger partial charge is 0.0345 e. The van der Waals surface area contributed by atoms with E-state index in [0.717, 1.165) is 6.54 Å². The molecule has 0 atom stereocenters. The molecule has 1 N–H and O–H groups in total. The Balaban J connectivity index is 1.57. The van der Waals surface area contributed by atoms with E-state index in [2.05, 4.69) is 59.9 Å². The lowest BCUT2D eigenvalue weighted by molar-refractivity contribution is 0.912. The van der Waals surface area contributed by atoms with Gasteiger partial charge in [-0.1, -0.05) is 48.6 Å². The second-order valence-electron chi connectivity index (χ2n) is 5.03. The van der Waals surface area contributed by atoms with Crippen molar-refractivity contribution >= 4 is 11.8 Å². The summed E-state index contributed by atoms with van der Waals surface area (Å²) in [6, 6.07) is 17.2. The minimum absolute atomic E-state index is 0.869. The van der Waals surface area contributed by atoms with Crippen molar-refractivity contribution in [1.29, 1.82) is 0 Å². The molecule has 0 fully saturated rings. The van der Waals surface area contributed by atoms with Crippen LogP contribution in [-0.4, -0.2) is 6.54 Å². The van der Waals surface area contributed by atoms with Gasteiger partial charge in [-0.05, 0) is 48.1 Å². The van der Waals surface area contributed by atoms with Gasteiger partial charge in [0.1, 0.15) is 0 Å². The van der Waals surface area contributed by atoms with Crippen LogP contribution in [0, 0.1) is 0 Å². The van der Waals surface area contributed by atoms with Gasteiger partial charge in [-0.2, -0.15) is 0 Å². The second-order valence-corrected chi connectivity index (χ2v) is 5.03. The van der Waals surface area contributed by atoms with Crippen LogP contribution >= 0.6 is 0 Å². The zero-order valence-electron chi connectivity index (χ0n) is 11.1.